The van der Waals surface area contributed by atoms with E-state index in [2.05, 4.69) is 47.4 Å². The van der Waals surface area contributed by atoms with Crippen molar-refractivity contribution in [1.29, 1.82) is 0 Å². The molecule has 6 nitrogen and oxygen atoms in total. The van der Waals surface area contributed by atoms with E-state index in [1.165, 1.54) is 6.21 Å². The molecule has 38 heavy (non-hydrogen) atoms. The number of aryl methyl sites for hydroxylation is 1. The van der Waals surface area contributed by atoms with E-state index in [0.717, 1.165) is 32.1 Å². The molecule has 5 aromatic rings. The van der Waals surface area contributed by atoms with Gasteiger partial charge in [-0.25, -0.2) is 10.2 Å². The van der Waals surface area contributed by atoms with Gasteiger partial charge in [0.1, 0.15) is 5.69 Å². The van der Waals surface area contributed by atoms with Crippen LogP contribution >= 0.6 is 31.9 Å². The van der Waals surface area contributed by atoms with Crippen molar-refractivity contribution in [2.75, 3.05) is 0 Å². The highest BCUT2D eigenvalue weighted by Crippen LogP contribution is 2.34. The highest BCUT2D eigenvalue weighted by Gasteiger charge is 2.20. The number of para-hydroxylation sites is 1. The summed E-state index contributed by atoms with van der Waals surface area (Å²) < 4.78 is 6.97. The first-order valence-corrected chi connectivity index (χ1v) is 13.3. The fourth-order valence-corrected chi connectivity index (χ4v) is 5.50. The predicted octanol–water partition coefficient (Wildman–Crippen LogP) is 7.65. The third-order valence-electron chi connectivity index (χ3n) is 5.94. The van der Waals surface area contributed by atoms with Crippen LogP contribution in [0.5, 0.6) is 5.75 Å². The molecule has 1 aromatic heterocycles. The molecule has 0 bridgehead atoms. The lowest BCUT2D eigenvalue weighted by Gasteiger charge is -2.10. The maximum Gasteiger partial charge on any atom is 0.343 e. The summed E-state index contributed by atoms with van der Waals surface area (Å²) in [7, 11) is 0. The Morgan fingerprint density at radius 2 is 1.63 bits per heavy atom. The van der Waals surface area contributed by atoms with Crippen molar-refractivity contribution >= 4 is 60.9 Å². The maximum atomic E-state index is 13.3. The molecule has 0 fully saturated rings. The molecule has 0 saturated heterocycles. The quantitative estimate of drug-likeness (QED) is 0.0875. The van der Waals surface area contributed by atoms with Crippen LogP contribution in [0.1, 0.15) is 32.0 Å². The number of esters is 1. The van der Waals surface area contributed by atoms with Crippen molar-refractivity contribution in [3.63, 3.8) is 0 Å². The van der Waals surface area contributed by atoms with Crippen LogP contribution in [0.15, 0.2) is 105 Å². The second-order valence-electron chi connectivity index (χ2n) is 8.50. The Labute approximate surface area is 236 Å². The number of amides is 1. The van der Waals surface area contributed by atoms with E-state index in [-0.39, 0.29) is 5.75 Å². The van der Waals surface area contributed by atoms with E-state index in [4.69, 9.17) is 4.74 Å². The van der Waals surface area contributed by atoms with E-state index in [1.54, 1.807) is 36.4 Å². The number of nitrogens with one attached hydrogen (secondary N) is 2. The highest BCUT2D eigenvalue weighted by molar-refractivity contribution is 9.11. The number of hydrazone groups is 1. The van der Waals surface area contributed by atoms with E-state index < -0.39 is 11.9 Å². The number of hydrogen-bond donors (Lipinski definition) is 2. The van der Waals surface area contributed by atoms with Crippen LogP contribution in [0.25, 0.3) is 22.0 Å². The van der Waals surface area contributed by atoms with Crippen LogP contribution in [0.2, 0.25) is 0 Å². The number of aromatic amines is 1. The van der Waals surface area contributed by atoms with Crippen molar-refractivity contribution in [3.05, 3.63) is 122 Å². The predicted molar refractivity (Wildman–Crippen MR) is 157 cm³/mol. The Morgan fingerprint density at radius 1 is 0.921 bits per heavy atom. The number of H-pyrrole nitrogens is 1. The lowest BCUT2D eigenvalue weighted by atomic mass is 10.0. The van der Waals surface area contributed by atoms with Crippen molar-refractivity contribution in [2.24, 2.45) is 5.10 Å². The minimum atomic E-state index is -0.506. The summed E-state index contributed by atoms with van der Waals surface area (Å²) in [5.41, 5.74) is 7.59. The molecule has 2 N–H and O–H groups in total. The molecule has 188 valence electrons. The summed E-state index contributed by atoms with van der Waals surface area (Å²) in [6.45, 7) is 2.00. The van der Waals surface area contributed by atoms with Gasteiger partial charge in [-0.1, -0.05) is 82.7 Å². The average molecular weight is 631 g/mol. The lowest BCUT2D eigenvalue weighted by molar-refractivity contribution is 0.0733. The van der Waals surface area contributed by atoms with Crippen LogP contribution in [0.3, 0.4) is 0 Å². The number of aromatic nitrogens is 1. The van der Waals surface area contributed by atoms with E-state index in [1.807, 2.05) is 61.5 Å². The van der Waals surface area contributed by atoms with Crippen LogP contribution in [-0.4, -0.2) is 23.1 Å². The van der Waals surface area contributed by atoms with Crippen LogP contribution in [0.4, 0.5) is 0 Å². The molecule has 0 radical (unpaired) electrons. The molecular weight excluding hydrogens is 610 g/mol. The molecule has 8 heteroatoms. The second-order valence-corrected chi connectivity index (χ2v) is 10.3. The van der Waals surface area contributed by atoms with Gasteiger partial charge in [-0.2, -0.15) is 5.10 Å². The SMILES string of the molecule is Cc1cccc2c(-c3ccccc3)c(C(=O)NN=Cc3cc(Br)cc(Br)c3OC(=O)c3ccccc3)[nH]c12. The van der Waals surface area contributed by atoms with E-state index in [9.17, 15) is 9.59 Å². The monoisotopic (exact) mass is 629 g/mol. The molecule has 4 aromatic carbocycles. The number of ether oxygens (including phenoxy) is 1. The summed E-state index contributed by atoms with van der Waals surface area (Å²) in [6, 6.07) is 27.9. The largest absolute Gasteiger partial charge is 0.421 e. The minimum absolute atomic E-state index is 0.284. The number of nitrogens with zero attached hydrogens (tertiary/aromatic N) is 1. The first kappa shape index (κ1) is 25.6. The van der Waals surface area contributed by atoms with Gasteiger partial charge in [0.2, 0.25) is 0 Å². The van der Waals surface area contributed by atoms with Crippen molar-refractivity contribution in [2.45, 2.75) is 6.92 Å². The van der Waals surface area contributed by atoms with Gasteiger partial charge in [0.05, 0.1) is 16.3 Å². The normalized spacial score (nSPS) is 11.1. The minimum Gasteiger partial charge on any atom is -0.421 e. The number of hydrogen-bond acceptors (Lipinski definition) is 4. The maximum absolute atomic E-state index is 13.3. The van der Waals surface area contributed by atoms with Crippen molar-refractivity contribution < 1.29 is 14.3 Å². The Bertz CT molecular complexity index is 1680. The Morgan fingerprint density at radius 3 is 2.37 bits per heavy atom. The van der Waals surface area contributed by atoms with Gasteiger partial charge in [-0.3, -0.25) is 4.79 Å². The summed E-state index contributed by atoms with van der Waals surface area (Å²) in [6.07, 6.45) is 1.44. The zero-order chi connectivity index (χ0) is 26.6. The Hall–Kier alpha value is -4.01. The lowest BCUT2D eigenvalue weighted by Crippen LogP contribution is -2.19. The molecule has 0 atom stereocenters. The molecule has 1 heterocycles. The second kappa shape index (κ2) is 11.2. The van der Waals surface area contributed by atoms with Gasteiger partial charge >= 0.3 is 5.97 Å². The fraction of sp³-hybridized carbons (Fsp3) is 0.0333. The van der Waals surface area contributed by atoms with Gasteiger partial charge in [0.15, 0.2) is 5.75 Å². The molecule has 1 amide bonds. The zero-order valence-corrected chi connectivity index (χ0v) is 23.3. The van der Waals surface area contributed by atoms with Gasteiger partial charge < -0.3 is 9.72 Å². The van der Waals surface area contributed by atoms with Gasteiger partial charge in [0.25, 0.3) is 5.91 Å². The number of carbonyl (C=O) groups excluding carboxylic acids is 2. The zero-order valence-electron chi connectivity index (χ0n) is 20.2. The summed E-state index contributed by atoms with van der Waals surface area (Å²) in [5.74, 6) is -0.618. The number of fused-ring (bicyclic) bond motifs is 1. The number of carbonyl (C=O) groups is 2. The molecule has 0 aliphatic carbocycles. The summed E-state index contributed by atoms with van der Waals surface area (Å²) in [4.78, 5) is 29.3. The van der Waals surface area contributed by atoms with E-state index >= 15 is 0 Å². The summed E-state index contributed by atoms with van der Waals surface area (Å²) in [5, 5.41) is 5.15. The van der Waals surface area contributed by atoms with Crippen LogP contribution < -0.4 is 10.2 Å². The average Bonchev–Trinajstić information content (AvgIpc) is 3.32. The smallest absolute Gasteiger partial charge is 0.343 e. The van der Waals surface area contributed by atoms with Gasteiger partial charge in [0, 0.05) is 26.5 Å². The van der Waals surface area contributed by atoms with Crippen LogP contribution in [-0.2, 0) is 0 Å². The van der Waals surface area contributed by atoms with Crippen molar-refractivity contribution in [1.82, 2.24) is 10.4 Å². The Kier molecular flexibility index (Phi) is 7.53. The molecule has 0 aliphatic rings. The van der Waals surface area contributed by atoms with Crippen LogP contribution in [0, 0.1) is 6.92 Å². The molecule has 0 saturated carbocycles. The van der Waals surface area contributed by atoms with Gasteiger partial charge in [-0.15, -0.1) is 0 Å². The molecule has 0 unspecified atom stereocenters. The number of halogens is 2. The molecule has 5 rings (SSSR count). The number of benzene rings is 4. The molecular formula is C30H21Br2N3O3. The standard InChI is InChI=1S/C30H21Br2N3O3/c1-18-9-8-14-23-25(19-10-4-2-5-11-19)27(34-26(18)23)29(36)35-33-17-21-15-22(31)16-24(32)28(21)38-30(37)20-12-6-3-7-13-20/h2-17,34H,1H3,(H,35,36). The van der Waals surface area contributed by atoms with Crippen molar-refractivity contribution in [3.8, 4) is 16.9 Å². The van der Waals surface area contributed by atoms with E-state index in [0.29, 0.717) is 21.3 Å². The first-order valence-electron chi connectivity index (χ1n) is 11.7. The Balaban J connectivity index is 1.45. The number of rotatable bonds is 6. The third-order valence-corrected chi connectivity index (χ3v) is 6.99. The third kappa shape index (κ3) is 5.32. The van der Waals surface area contributed by atoms with Gasteiger partial charge in [-0.05, 0) is 58.2 Å². The highest BCUT2D eigenvalue weighted by atomic mass is 79.9. The molecule has 0 aliphatic heterocycles. The topological polar surface area (TPSA) is 83.5 Å². The first-order chi connectivity index (χ1) is 18.4. The molecule has 0 spiro atoms. The summed E-state index contributed by atoms with van der Waals surface area (Å²) >= 11 is 6.91. The fourth-order valence-electron chi connectivity index (χ4n) is 4.17.